The number of fused-ring (bicyclic) bond motifs is 1. The molecular formula is C25H24N2O3. The fourth-order valence-electron chi connectivity index (χ4n) is 3.54. The molecule has 2 aromatic carbocycles. The molecule has 5 nitrogen and oxygen atoms in total. The lowest BCUT2D eigenvalue weighted by Gasteiger charge is -2.08. The van der Waals surface area contributed by atoms with Crippen molar-refractivity contribution in [3.8, 4) is 17.5 Å². The zero-order valence-corrected chi connectivity index (χ0v) is 17.2. The van der Waals surface area contributed by atoms with Gasteiger partial charge in [-0.3, -0.25) is 0 Å². The molecule has 152 valence electrons. The van der Waals surface area contributed by atoms with E-state index in [0.717, 1.165) is 40.2 Å². The van der Waals surface area contributed by atoms with Crippen LogP contribution in [0, 0.1) is 18.3 Å². The molecule has 4 rings (SSSR count). The maximum Gasteiger partial charge on any atom is 0.226 e. The number of rotatable bonds is 8. The first kappa shape index (κ1) is 19.9. The standard InChI is InChI=1S/C25H24N2O3/c1-3-28-21(16-26)11-9-18-10-12-24-20(13-18)14-22(30-24)15-23-17(2)29-25(27-23)19-7-5-4-6-8-19/h4-8,10,12-14,21H,3,9,11,15H2,1-2H3. The van der Waals surface area contributed by atoms with Gasteiger partial charge in [0.15, 0.2) is 0 Å². The van der Waals surface area contributed by atoms with Gasteiger partial charge in [0.1, 0.15) is 23.2 Å². The zero-order chi connectivity index (χ0) is 20.9. The molecule has 1 atom stereocenters. The van der Waals surface area contributed by atoms with Crippen molar-refractivity contribution in [1.29, 1.82) is 5.26 Å². The summed E-state index contributed by atoms with van der Waals surface area (Å²) in [6.07, 6.45) is 1.69. The van der Waals surface area contributed by atoms with Gasteiger partial charge in [0.25, 0.3) is 0 Å². The second-order valence-corrected chi connectivity index (χ2v) is 7.26. The van der Waals surface area contributed by atoms with E-state index >= 15 is 0 Å². The molecule has 30 heavy (non-hydrogen) atoms. The van der Waals surface area contributed by atoms with E-state index in [2.05, 4.69) is 23.2 Å². The number of hydrogen-bond acceptors (Lipinski definition) is 5. The molecule has 5 heteroatoms. The van der Waals surface area contributed by atoms with Gasteiger partial charge in [-0.1, -0.05) is 24.3 Å². The van der Waals surface area contributed by atoms with Gasteiger partial charge >= 0.3 is 0 Å². The Morgan fingerprint density at radius 1 is 1.10 bits per heavy atom. The van der Waals surface area contributed by atoms with Gasteiger partial charge in [-0.25, -0.2) is 4.98 Å². The summed E-state index contributed by atoms with van der Waals surface area (Å²) in [4.78, 5) is 4.67. The van der Waals surface area contributed by atoms with E-state index in [0.29, 0.717) is 25.3 Å². The van der Waals surface area contributed by atoms with Crippen molar-refractivity contribution in [2.45, 2.75) is 39.2 Å². The van der Waals surface area contributed by atoms with Gasteiger partial charge in [0.05, 0.1) is 18.2 Å². The average molecular weight is 400 g/mol. The van der Waals surface area contributed by atoms with E-state index in [1.165, 1.54) is 5.56 Å². The van der Waals surface area contributed by atoms with Crippen LogP contribution in [-0.4, -0.2) is 17.7 Å². The van der Waals surface area contributed by atoms with Crippen molar-refractivity contribution in [2.75, 3.05) is 6.61 Å². The number of benzene rings is 2. The summed E-state index contributed by atoms with van der Waals surface area (Å²) in [5.41, 5.74) is 3.85. The molecule has 0 radical (unpaired) electrons. The van der Waals surface area contributed by atoms with Crippen LogP contribution in [0.1, 0.15) is 36.1 Å². The Kier molecular flexibility index (Phi) is 5.97. The molecule has 0 saturated heterocycles. The van der Waals surface area contributed by atoms with Crippen LogP contribution in [0.3, 0.4) is 0 Å². The van der Waals surface area contributed by atoms with Gasteiger partial charge in [0.2, 0.25) is 5.89 Å². The molecular weight excluding hydrogens is 376 g/mol. The van der Waals surface area contributed by atoms with Crippen LogP contribution in [0.25, 0.3) is 22.4 Å². The lowest BCUT2D eigenvalue weighted by atomic mass is 10.1. The molecule has 4 aromatic rings. The SMILES string of the molecule is CCOC(C#N)CCc1ccc2oc(Cc3nc(-c4ccccc4)oc3C)cc2c1. The highest BCUT2D eigenvalue weighted by atomic mass is 16.5. The molecule has 0 bridgehead atoms. The Morgan fingerprint density at radius 3 is 2.70 bits per heavy atom. The summed E-state index contributed by atoms with van der Waals surface area (Å²) in [7, 11) is 0. The predicted molar refractivity (Wildman–Crippen MR) is 115 cm³/mol. The number of aryl methyl sites for hydroxylation is 2. The lowest BCUT2D eigenvalue weighted by Crippen LogP contribution is -2.11. The fourth-order valence-corrected chi connectivity index (χ4v) is 3.54. The Labute approximate surface area is 175 Å². The first-order chi connectivity index (χ1) is 14.7. The van der Waals surface area contributed by atoms with Gasteiger partial charge in [-0.05, 0) is 62.6 Å². The second-order valence-electron chi connectivity index (χ2n) is 7.26. The largest absolute Gasteiger partial charge is 0.461 e. The molecule has 0 saturated carbocycles. The van der Waals surface area contributed by atoms with Crippen molar-refractivity contribution in [1.82, 2.24) is 4.98 Å². The van der Waals surface area contributed by atoms with E-state index < -0.39 is 0 Å². The second kappa shape index (κ2) is 8.98. The van der Waals surface area contributed by atoms with Crippen LogP contribution < -0.4 is 0 Å². The number of aromatic nitrogens is 1. The van der Waals surface area contributed by atoms with E-state index in [9.17, 15) is 0 Å². The number of nitrogens with zero attached hydrogens (tertiary/aromatic N) is 2. The summed E-state index contributed by atoms with van der Waals surface area (Å²) in [5, 5.41) is 10.2. The Bertz CT molecular complexity index is 1170. The lowest BCUT2D eigenvalue weighted by molar-refractivity contribution is 0.0956. The summed E-state index contributed by atoms with van der Waals surface area (Å²) >= 11 is 0. The smallest absolute Gasteiger partial charge is 0.226 e. The van der Waals surface area contributed by atoms with E-state index in [1.807, 2.05) is 56.3 Å². The van der Waals surface area contributed by atoms with E-state index in [4.69, 9.17) is 18.8 Å². The minimum absolute atomic E-state index is 0.362. The molecule has 0 fully saturated rings. The summed E-state index contributed by atoms with van der Waals surface area (Å²) in [6, 6.07) is 20.3. The highest BCUT2D eigenvalue weighted by Crippen LogP contribution is 2.26. The van der Waals surface area contributed by atoms with Gasteiger partial charge in [0, 0.05) is 17.6 Å². The van der Waals surface area contributed by atoms with Crippen LogP contribution in [0.4, 0.5) is 0 Å². The maximum atomic E-state index is 9.14. The van der Waals surface area contributed by atoms with Gasteiger partial charge in [-0.2, -0.15) is 5.26 Å². The normalized spacial score (nSPS) is 12.2. The zero-order valence-electron chi connectivity index (χ0n) is 17.2. The van der Waals surface area contributed by atoms with Gasteiger partial charge < -0.3 is 13.6 Å². The van der Waals surface area contributed by atoms with E-state index in [1.54, 1.807) is 0 Å². The number of furan rings is 1. The minimum Gasteiger partial charge on any atom is -0.461 e. The maximum absolute atomic E-state index is 9.14. The minimum atomic E-state index is -0.362. The first-order valence-corrected chi connectivity index (χ1v) is 10.2. The van der Waals surface area contributed by atoms with Crippen LogP contribution in [0.2, 0.25) is 0 Å². The monoisotopic (exact) mass is 400 g/mol. The Hall–Kier alpha value is -3.36. The van der Waals surface area contributed by atoms with E-state index in [-0.39, 0.29) is 6.10 Å². The Balaban J connectivity index is 1.49. The quantitative estimate of drug-likeness (QED) is 0.371. The van der Waals surface area contributed by atoms with Crippen molar-refractivity contribution in [3.63, 3.8) is 0 Å². The number of ether oxygens (including phenoxy) is 1. The van der Waals surface area contributed by atoms with Crippen LogP contribution in [-0.2, 0) is 17.6 Å². The van der Waals surface area contributed by atoms with Crippen LogP contribution in [0.5, 0.6) is 0 Å². The first-order valence-electron chi connectivity index (χ1n) is 10.2. The molecule has 1 unspecified atom stereocenters. The summed E-state index contributed by atoms with van der Waals surface area (Å²) in [5.74, 6) is 2.28. The summed E-state index contributed by atoms with van der Waals surface area (Å²) < 4.78 is 17.3. The Morgan fingerprint density at radius 2 is 1.93 bits per heavy atom. The van der Waals surface area contributed by atoms with Gasteiger partial charge in [-0.15, -0.1) is 0 Å². The molecule has 0 spiro atoms. The third kappa shape index (κ3) is 4.45. The number of oxazole rings is 1. The summed E-state index contributed by atoms with van der Waals surface area (Å²) in [6.45, 7) is 4.39. The number of hydrogen-bond donors (Lipinski definition) is 0. The highest BCUT2D eigenvalue weighted by molar-refractivity contribution is 5.78. The molecule has 2 aromatic heterocycles. The van der Waals surface area contributed by atoms with Crippen molar-refractivity contribution >= 4 is 11.0 Å². The van der Waals surface area contributed by atoms with Crippen LogP contribution >= 0.6 is 0 Å². The molecule has 0 aliphatic heterocycles. The average Bonchev–Trinajstić information content (AvgIpc) is 3.34. The third-order valence-electron chi connectivity index (χ3n) is 5.09. The van der Waals surface area contributed by atoms with Crippen molar-refractivity contribution < 1.29 is 13.6 Å². The predicted octanol–water partition coefficient (Wildman–Crippen LogP) is 5.85. The molecule has 0 aliphatic carbocycles. The molecule has 2 heterocycles. The molecule has 0 aliphatic rings. The van der Waals surface area contributed by atoms with Crippen molar-refractivity contribution in [2.24, 2.45) is 0 Å². The molecule has 0 amide bonds. The fraction of sp³-hybridized carbons (Fsp3) is 0.280. The topological polar surface area (TPSA) is 72.2 Å². The molecule has 0 N–H and O–H groups in total. The number of nitriles is 1. The third-order valence-corrected chi connectivity index (χ3v) is 5.09. The van der Waals surface area contributed by atoms with Crippen molar-refractivity contribution in [3.05, 3.63) is 77.4 Å². The van der Waals surface area contributed by atoms with Crippen LogP contribution in [0.15, 0.2) is 63.4 Å². The highest BCUT2D eigenvalue weighted by Gasteiger charge is 2.14.